The Balaban J connectivity index is 1.59. The smallest absolute Gasteiger partial charge is 0.252 e. The van der Waals surface area contributed by atoms with E-state index in [1.807, 2.05) is 22.4 Å². The van der Waals surface area contributed by atoms with Crippen LogP contribution in [0.1, 0.15) is 21.4 Å². The third-order valence-electron chi connectivity index (χ3n) is 4.62. The molecule has 4 heterocycles. The van der Waals surface area contributed by atoms with E-state index in [1.165, 1.54) is 11.9 Å². The van der Waals surface area contributed by atoms with Crippen molar-refractivity contribution in [1.82, 2.24) is 9.21 Å². The molecule has 1 aliphatic rings. The number of hydrogen-bond donors (Lipinski definition) is 0. The maximum Gasteiger partial charge on any atom is 0.252 e. The summed E-state index contributed by atoms with van der Waals surface area (Å²) in [5.74, 6) is -0.173. The molecule has 0 aliphatic carbocycles. The molecule has 0 spiro atoms. The normalized spacial score (nSPS) is 17.3. The molecule has 27 heavy (non-hydrogen) atoms. The molecule has 1 amide bonds. The van der Waals surface area contributed by atoms with Crippen molar-refractivity contribution in [2.24, 2.45) is 0 Å². The second-order valence-corrected chi connectivity index (χ2v) is 11.4. The van der Waals surface area contributed by atoms with Gasteiger partial charge < -0.3 is 4.90 Å². The lowest BCUT2D eigenvalue weighted by molar-refractivity contribution is -0.133. The van der Waals surface area contributed by atoms with E-state index in [-0.39, 0.29) is 22.7 Å². The third-order valence-corrected chi connectivity index (χ3v) is 9.71. The topological polar surface area (TPSA) is 57.7 Å². The van der Waals surface area contributed by atoms with E-state index in [1.54, 1.807) is 40.2 Å². The minimum atomic E-state index is -3.64. The molecule has 5 nitrogen and oxygen atoms in total. The maximum atomic E-state index is 13.1. The SMILES string of the molecule is CN(CC(=O)N1CCc2sccc2[C@H]1c1cccs1)S(=O)(=O)c1cccs1. The van der Waals surface area contributed by atoms with Crippen LogP contribution in [-0.2, 0) is 21.2 Å². The summed E-state index contributed by atoms with van der Waals surface area (Å²) in [5, 5.41) is 5.79. The van der Waals surface area contributed by atoms with Crippen molar-refractivity contribution in [3.05, 3.63) is 61.8 Å². The summed E-state index contributed by atoms with van der Waals surface area (Å²) in [6.07, 6.45) is 0.808. The van der Waals surface area contributed by atoms with Gasteiger partial charge in [-0.1, -0.05) is 12.1 Å². The molecule has 9 heteroatoms. The van der Waals surface area contributed by atoms with Crippen LogP contribution in [0.5, 0.6) is 0 Å². The van der Waals surface area contributed by atoms with Crippen molar-refractivity contribution >= 4 is 49.9 Å². The highest BCUT2D eigenvalue weighted by Crippen LogP contribution is 2.39. The first kappa shape index (κ1) is 18.8. The fourth-order valence-electron chi connectivity index (χ4n) is 3.27. The monoisotopic (exact) mass is 438 g/mol. The molecule has 3 aromatic rings. The van der Waals surface area contributed by atoms with Crippen LogP contribution in [0.15, 0.2) is 50.7 Å². The Labute approximate surface area is 170 Å². The Kier molecular flexibility index (Phi) is 5.21. The largest absolute Gasteiger partial charge is 0.329 e. The zero-order valence-electron chi connectivity index (χ0n) is 14.6. The predicted octanol–water partition coefficient (Wildman–Crippen LogP) is 3.67. The van der Waals surface area contributed by atoms with Crippen molar-refractivity contribution in [2.75, 3.05) is 20.1 Å². The number of likely N-dealkylation sites (N-methyl/N-ethyl adjacent to an activating group) is 1. The summed E-state index contributed by atoms with van der Waals surface area (Å²) in [6, 6.07) is 9.23. The zero-order valence-corrected chi connectivity index (χ0v) is 17.8. The van der Waals surface area contributed by atoms with E-state index in [4.69, 9.17) is 0 Å². The van der Waals surface area contributed by atoms with Crippen molar-refractivity contribution < 1.29 is 13.2 Å². The molecular weight excluding hydrogens is 420 g/mol. The average molecular weight is 439 g/mol. The predicted molar refractivity (Wildman–Crippen MR) is 110 cm³/mol. The Bertz CT molecular complexity index is 1020. The van der Waals surface area contributed by atoms with E-state index in [0.717, 1.165) is 32.5 Å². The minimum absolute atomic E-state index is 0.134. The number of sulfonamides is 1. The molecule has 0 fully saturated rings. The molecule has 1 atom stereocenters. The number of amides is 1. The van der Waals surface area contributed by atoms with Gasteiger partial charge in [0.25, 0.3) is 10.0 Å². The molecule has 1 aliphatic heterocycles. The summed E-state index contributed by atoms with van der Waals surface area (Å²) in [4.78, 5) is 17.3. The summed E-state index contributed by atoms with van der Waals surface area (Å²) >= 11 is 4.50. The lowest BCUT2D eigenvalue weighted by Crippen LogP contribution is -2.45. The number of hydrogen-bond acceptors (Lipinski definition) is 6. The quantitative estimate of drug-likeness (QED) is 0.611. The second kappa shape index (κ2) is 7.48. The van der Waals surface area contributed by atoms with Crippen LogP contribution >= 0.6 is 34.0 Å². The van der Waals surface area contributed by atoms with Gasteiger partial charge in [0.15, 0.2) is 0 Å². The molecule has 0 bridgehead atoms. The van der Waals surface area contributed by atoms with Crippen LogP contribution in [0.3, 0.4) is 0 Å². The highest BCUT2D eigenvalue weighted by Gasteiger charge is 2.35. The minimum Gasteiger partial charge on any atom is -0.329 e. The van der Waals surface area contributed by atoms with Crippen molar-refractivity contribution in [2.45, 2.75) is 16.7 Å². The standard InChI is InChI=1S/C18H18N2O3S4/c1-19(27(22,23)17-5-3-10-26-17)12-16(21)20-8-6-14-13(7-11-25-14)18(20)15-4-2-9-24-15/h2-5,7,9-11,18H,6,8,12H2,1H3/t18-/m0/s1. The highest BCUT2D eigenvalue weighted by atomic mass is 32.2. The van der Waals surface area contributed by atoms with Crippen molar-refractivity contribution in [1.29, 1.82) is 0 Å². The molecule has 0 aromatic carbocycles. The van der Waals surface area contributed by atoms with Gasteiger partial charge in [-0.25, -0.2) is 8.42 Å². The second-order valence-electron chi connectivity index (χ2n) is 6.25. The first-order valence-corrected chi connectivity index (χ1v) is 12.5. The Morgan fingerprint density at radius 1 is 1.15 bits per heavy atom. The lowest BCUT2D eigenvalue weighted by atomic mass is 9.98. The van der Waals surface area contributed by atoms with Crippen LogP contribution in [0.2, 0.25) is 0 Å². The van der Waals surface area contributed by atoms with Gasteiger partial charge in [0.1, 0.15) is 4.21 Å². The number of fused-ring (bicyclic) bond motifs is 1. The van der Waals surface area contributed by atoms with Crippen molar-refractivity contribution in [3.8, 4) is 0 Å². The van der Waals surface area contributed by atoms with E-state index < -0.39 is 10.0 Å². The van der Waals surface area contributed by atoms with Crippen LogP contribution in [-0.4, -0.2) is 43.7 Å². The van der Waals surface area contributed by atoms with Gasteiger partial charge in [-0.05, 0) is 46.3 Å². The van der Waals surface area contributed by atoms with Gasteiger partial charge in [-0.2, -0.15) is 4.31 Å². The summed E-state index contributed by atoms with van der Waals surface area (Å²) in [6.45, 7) is 0.434. The molecule has 142 valence electrons. The molecule has 0 unspecified atom stereocenters. The summed E-state index contributed by atoms with van der Waals surface area (Å²) in [5.41, 5.74) is 1.16. The lowest BCUT2D eigenvalue weighted by Gasteiger charge is -2.36. The Hall–Kier alpha value is -1.52. The first-order valence-electron chi connectivity index (χ1n) is 8.37. The number of thiophene rings is 3. The highest BCUT2D eigenvalue weighted by molar-refractivity contribution is 7.91. The Morgan fingerprint density at radius 2 is 1.93 bits per heavy atom. The van der Waals surface area contributed by atoms with Crippen LogP contribution in [0, 0.1) is 0 Å². The fraction of sp³-hybridized carbons (Fsp3) is 0.278. The van der Waals surface area contributed by atoms with E-state index >= 15 is 0 Å². The van der Waals surface area contributed by atoms with Gasteiger partial charge in [-0.3, -0.25) is 4.79 Å². The molecule has 3 aromatic heterocycles. The molecule has 0 saturated carbocycles. The van der Waals surface area contributed by atoms with Gasteiger partial charge >= 0.3 is 0 Å². The number of rotatable bonds is 5. The molecule has 0 N–H and O–H groups in total. The molecule has 4 rings (SSSR count). The Morgan fingerprint density at radius 3 is 2.63 bits per heavy atom. The molecule has 0 saturated heterocycles. The molecule has 0 radical (unpaired) electrons. The zero-order chi connectivity index (χ0) is 19.0. The number of carbonyl (C=O) groups excluding carboxylic acids is 1. The van der Waals surface area contributed by atoms with E-state index in [0.29, 0.717) is 6.54 Å². The third kappa shape index (κ3) is 3.50. The first-order chi connectivity index (χ1) is 13.0. The van der Waals surface area contributed by atoms with Crippen LogP contribution in [0.4, 0.5) is 0 Å². The van der Waals surface area contributed by atoms with E-state index in [2.05, 4.69) is 11.4 Å². The van der Waals surface area contributed by atoms with E-state index in [9.17, 15) is 13.2 Å². The van der Waals surface area contributed by atoms with Gasteiger partial charge in [0.2, 0.25) is 5.91 Å². The number of carbonyl (C=O) groups is 1. The van der Waals surface area contributed by atoms with Crippen LogP contribution in [0.25, 0.3) is 0 Å². The van der Waals surface area contributed by atoms with Crippen molar-refractivity contribution in [3.63, 3.8) is 0 Å². The van der Waals surface area contributed by atoms with Gasteiger partial charge in [0, 0.05) is 23.3 Å². The average Bonchev–Trinajstić information content (AvgIpc) is 3.42. The molecular formula is C18H18N2O3S4. The van der Waals surface area contributed by atoms with Gasteiger partial charge in [0.05, 0.1) is 12.6 Å². The summed E-state index contributed by atoms with van der Waals surface area (Å²) < 4.78 is 26.7. The van der Waals surface area contributed by atoms with Gasteiger partial charge in [-0.15, -0.1) is 34.0 Å². The fourth-order valence-corrected chi connectivity index (χ4v) is 7.35. The summed E-state index contributed by atoms with van der Waals surface area (Å²) in [7, 11) is -2.18. The number of nitrogens with zero attached hydrogens (tertiary/aromatic N) is 2. The van der Waals surface area contributed by atoms with Crippen LogP contribution < -0.4 is 0 Å². The maximum absolute atomic E-state index is 13.1.